The Kier molecular flexibility index (Phi) is 10.8. The fraction of sp³-hybridized carbons (Fsp3) is 0.484. The van der Waals surface area contributed by atoms with Crippen LogP contribution in [0, 0.1) is 6.92 Å². The topological polar surface area (TPSA) is 97.8 Å². The molecule has 1 aliphatic rings. The van der Waals surface area contributed by atoms with Gasteiger partial charge in [0.05, 0.1) is 39.6 Å². The second-order valence-electron chi connectivity index (χ2n) is 9.66. The number of unbranched alkanes of at least 4 members (excludes halogenated alkanes) is 1. The number of methoxy groups -OCH3 is 3. The van der Waals surface area contributed by atoms with E-state index in [0.717, 1.165) is 31.5 Å². The molecule has 1 amide bonds. The van der Waals surface area contributed by atoms with E-state index in [1.54, 1.807) is 30.3 Å². The Morgan fingerprint density at radius 1 is 0.950 bits per heavy atom. The van der Waals surface area contributed by atoms with Crippen molar-refractivity contribution in [2.45, 2.75) is 46.6 Å². The molecule has 0 aromatic heterocycles. The molecule has 0 aliphatic carbocycles. The van der Waals surface area contributed by atoms with Crippen molar-refractivity contribution < 1.29 is 33.6 Å². The first kappa shape index (κ1) is 30.8. The second-order valence-corrected chi connectivity index (χ2v) is 9.66. The standard InChI is InChI=1S/C31H42N2O7/c1-8-11-16-40-23-13-12-21(17-20(23)4)28(34)26-27(22-18-24(37-5)30(39-7)25(19-22)38-6)33(31(36)29(26)35)15-14-32(9-2)10-3/h12-13,17-19,27,34H,8-11,14-16H2,1-7H3/t27-/m1/s1. The summed E-state index contributed by atoms with van der Waals surface area (Å²) in [7, 11) is 4.52. The van der Waals surface area contributed by atoms with Gasteiger partial charge in [-0.1, -0.05) is 27.2 Å². The van der Waals surface area contributed by atoms with Gasteiger partial charge in [0.15, 0.2) is 11.5 Å². The van der Waals surface area contributed by atoms with E-state index in [4.69, 9.17) is 18.9 Å². The highest BCUT2D eigenvalue weighted by molar-refractivity contribution is 6.46. The predicted molar refractivity (Wildman–Crippen MR) is 154 cm³/mol. The van der Waals surface area contributed by atoms with Crippen LogP contribution in [-0.2, 0) is 9.59 Å². The number of Topliss-reactive ketones (excluding diaryl/α,β-unsaturated/α-hetero) is 1. The first-order chi connectivity index (χ1) is 19.3. The van der Waals surface area contributed by atoms with Crippen LogP contribution in [0.4, 0.5) is 0 Å². The number of ether oxygens (including phenoxy) is 4. The van der Waals surface area contributed by atoms with Crippen LogP contribution in [0.1, 0.15) is 56.3 Å². The summed E-state index contributed by atoms with van der Waals surface area (Å²) in [6.07, 6.45) is 1.96. The van der Waals surface area contributed by atoms with Gasteiger partial charge in [0, 0.05) is 18.7 Å². The summed E-state index contributed by atoms with van der Waals surface area (Å²) in [5.41, 5.74) is 1.82. The molecule has 9 heteroatoms. The van der Waals surface area contributed by atoms with Crippen LogP contribution in [-0.4, -0.2) is 80.7 Å². The highest BCUT2D eigenvalue weighted by Crippen LogP contribution is 2.45. The predicted octanol–water partition coefficient (Wildman–Crippen LogP) is 4.96. The summed E-state index contributed by atoms with van der Waals surface area (Å²) in [4.78, 5) is 30.6. The number of amides is 1. The Morgan fingerprint density at radius 2 is 1.60 bits per heavy atom. The number of likely N-dealkylation sites (N-methyl/N-ethyl adjacent to an activating group) is 1. The van der Waals surface area contributed by atoms with Gasteiger partial charge >= 0.3 is 0 Å². The molecule has 1 atom stereocenters. The molecule has 1 heterocycles. The zero-order valence-corrected chi connectivity index (χ0v) is 24.7. The van der Waals surface area contributed by atoms with Crippen molar-refractivity contribution in [3.8, 4) is 23.0 Å². The molecular formula is C31H42N2O7. The number of ketones is 1. The van der Waals surface area contributed by atoms with Crippen LogP contribution < -0.4 is 18.9 Å². The molecule has 9 nitrogen and oxygen atoms in total. The van der Waals surface area contributed by atoms with Gasteiger partial charge in [0.1, 0.15) is 11.5 Å². The molecule has 2 aromatic rings. The average molecular weight is 555 g/mol. The molecule has 1 saturated heterocycles. The third-order valence-electron chi connectivity index (χ3n) is 7.30. The highest BCUT2D eigenvalue weighted by atomic mass is 16.5. The van der Waals surface area contributed by atoms with E-state index in [1.165, 1.54) is 26.2 Å². The minimum absolute atomic E-state index is 0.0119. The number of nitrogens with zero attached hydrogens (tertiary/aromatic N) is 2. The smallest absolute Gasteiger partial charge is 0.295 e. The third-order valence-corrected chi connectivity index (χ3v) is 7.30. The van der Waals surface area contributed by atoms with Crippen molar-refractivity contribution in [2.24, 2.45) is 0 Å². The molecule has 40 heavy (non-hydrogen) atoms. The summed E-state index contributed by atoms with van der Waals surface area (Å²) in [5.74, 6) is 0.228. The van der Waals surface area contributed by atoms with E-state index < -0.39 is 17.7 Å². The molecular weight excluding hydrogens is 512 g/mol. The van der Waals surface area contributed by atoms with Gasteiger partial charge in [-0.2, -0.15) is 0 Å². The van der Waals surface area contributed by atoms with E-state index in [2.05, 4.69) is 11.8 Å². The number of benzene rings is 2. The largest absolute Gasteiger partial charge is 0.507 e. The van der Waals surface area contributed by atoms with E-state index in [1.807, 2.05) is 20.8 Å². The van der Waals surface area contributed by atoms with Crippen molar-refractivity contribution in [3.63, 3.8) is 0 Å². The molecule has 1 aliphatic heterocycles. The number of aryl methyl sites for hydroxylation is 1. The SMILES string of the molecule is CCCCOc1ccc(C(O)=C2C(=O)C(=O)N(CCN(CC)CC)[C@@H]2c2cc(OC)c(OC)c(OC)c2)cc1C. The molecule has 0 radical (unpaired) electrons. The Balaban J connectivity index is 2.17. The lowest BCUT2D eigenvalue weighted by Crippen LogP contribution is -2.38. The summed E-state index contributed by atoms with van der Waals surface area (Å²) in [5, 5.41) is 11.6. The average Bonchev–Trinajstić information content (AvgIpc) is 3.22. The van der Waals surface area contributed by atoms with Gasteiger partial charge in [-0.25, -0.2) is 0 Å². The minimum atomic E-state index is -0.856. The molecule has 1 N–H and O–H groups in total. The van der Waals surface area contributed by atoms with Crippen molar-refractivity contribution in [2.75, 3.05) is 54.1 Å². The maximum atomic E-state index is 13.5. The van der Waals surface area contributed by atoms with E-state index in [9.17, 15) is 14.7 Å². The number of aliphatic hydroxyl groups excluding tert-OH is 1. The van der Waals surface area contributed by atoms with Crippen molar-refractivity contribution in [1.82, 2.24) is 9.80 Å². The molecule has 1 fully saturated rings. The number of likely N-dealkylation sites (tertiary alicyclic amines) is 1. The summed E-state index contributed by atoms with van der Waals surface area (Å²) in [6.45, 7) is 11.2. The van der Waals surface area contributed by atoms with Crippen molar-refractivity contribution in [1.29, 1.82) is 0 Å². The van der Waals surface area contributed by atoms with E-state index in [0.29, 0.717) is 53.8 Å². The zero-order chi connectivity index (χ0) is 29.4. The van der Waals surface area contributed by atoms with Crippen LogP contribution >= 0.6 is 0 Å². The van der Waals surface area contributed by atoms with Crippen molar-refractivity contribution >= 4 is 17.4 Å². The lowest BCUT2D eigenvalue weighted by Gasteiger charge is -2.29. The first-order valence-corrected chi connectivity index (χ1v) is 13.8. The Hall–Kier alpha value is -3.72. The Bertz CT molecular complexity index is 1210. The quantitative estimate of drug-likeness (QED) is 0.151. The number of rotatable bonds is 14. The Morgan fingerprint density at radius 3 is 2.12 bits per heavy atom. The molecule has 2 aromatic carbocycles. The Labute approximate surface area is 237 Å². The van der Waals surface area contributed by atoms with Gasteiger partial charge in [0.2, 0.25) is 5.75 Å². The molecule has 0 unspecified atom stereocenters. The number of hydrogen-bond acceptors (Lipinski definition) is 8. The van der Waals surface area contributed by atoms with Gasteiger partial charge in [0.25, 0.3) is 11.7 Å². The molecule has 0 spiro atoms. The number of aliphatic hydroxyl groups is 1. The summed E-state index contributed by atoms with van der Waals surface area (Å²) in [6, 6.07) is 7.83. The number of carbonyl (C=O) groups is 2. The molecule has 218 valence electrons. The maximum absolute atomic E-state index is 13.5. The summed E-state index contributed by atoms with van der Waals surface area (Å²) < 4.78 is 22.5. The highest BCUT2D eigenvalue weighted by Gasteiger charge is 2.46. The lowest BCUT2D eigenvalue weighted by atomic mass is 9.94. The fourth-order valence-electron chi connectivity index (χ4n) is 4.95. The van der Waals surface area contributed by atoms with Crippen LogP contribution in [0.2, 0.25) is 0 Å². The third kappa shape index (κ3) is 6.36. The second kappa shape index (κ2) is 14.1. The van der Waals surface area contributed by atoms with Crippen molar-refractivity contribution in [3.05, 3.63) is 52.6 Å². The molecule has 0 saturated carbocycles. The van der Waals surface area contributed by atoms with Gasteiger partial charge in [-0.3, -0.25) is 9.59 Å². The van der Waals surface area contributed by atoms with E-state index in [-0.39, 0.29) is 11.3 Å². The fourth-order valence-corrected chi connectivity index (χ4v) is 4.95. The molecule has 0 bridgehead atoms. The normalized spacial score (nSPS) is 16.5. The first-order valence-electron chi connectivity index (χ1n) is 13.8. The maximum Gasteiger partial charge on any atom is 0.295 e. The molecule has 3 rings (SSSR count). The van der Waals surface area contributed by atoms with Crippen LogP contribution in [0.25, 0.3) is 5.76 Å². The van der Waals surface area contributed by atoms with Gasteiger partial charge in [-0.05, 0) is 67.9 Å². The van der Waals surface area contributed by atoms with E-state index >= 15 is 0 Å². The van der Waals surface area contributed by atoms with Gasteiger partial charge < -0.3 is 33.9 Å². The minimum Gasteiger partial charge on any atom is -0.507 e. The lowest BCUT2D eigenvalue weighted by molar-refractivity contribution is -0.140. The monoisotopic (exact) mass is 554 g/mol. The summed E-state index contributed by atoms with van der Waals surface area (Å²) >= 11 is 0. The van der Waals surface area contributed by atoms with Crippen LogP contribution in [0.15, 0.2) is 35.9 Å². The van der Waals surface area contributed by atoms with Gasteiger partial charge in [-0.15, -0.1) is 0 Å². The van der Waals surface area contributed by atoms with Crippen LogP contribution in [0.3, 0.4) is 0 Å². The number of hydrogen-bond donors (Lipinski definition) is 1. The zero-order valence-electron chi connectivity index (χ0n) is 24.7. The van der Waals surface area contributed by atoms with Crippen LogP contribution in [0.5, 0.6) is 23.0 Å². The number of carbonyl (C=O) groups excluding carboxylic acids is 2.